The predicted octanol–water partition coefficient (Wildman–Crippen LogP) is 1.36. The van der Waals surface area contributed by atoms with Crippen LogP contribution in [0.25, 0.3) is 0 Å². The zero-order valence-corrected chi connectivity index (χ0v) is 8.45. The highest BCUT2D eigenvalue weighted by Crippen LogP contribution is 2.32. The largest absolute Gasteiger partial charge is 0.323 e. The summed E-state index contributed by atoms with van der Waals surface area (Å²) >= 11 is 0. The minimum Gasteiger partial charge on any atom is -0.323 e. The molecule has 1 aliphatic rings. The van der Waals surface area contributed by atoms with Crippen molar-refractivity contribution in [1.29, 1.82) is 0 Å². The monoisotopic (exact) mass is 190 g/mol. The van der Waals surface area contributed by atoms with E-state index in [1.807, 2.05) is 25.1 Å². The standard InChI is InChI=1S/C11H14N2O/c1-7-3-4-8-9(12)6-11(14)13(2)10(8)5-7/h3-5,9H,6,12H2,1-2H3. The number of carbonyl (C=O) groups is 1. The Morgan fingerprint density at radius 3 is 2.93 bits per heavy atom. The molecule has 1 aromatic rings. The average Bonchev–Trinajstić information content (AvgIpc) is 2.14. The molecule has 0 saturated carbocycles. The molecule has 74 valence electrons. The van der Waals surface area contributed by atoms with Crippen molar-refractivity contribution in [2.24, 2.45) is 5.73 Å². The molecule has 1 amide bonds. The fraction of sp³-hybridized carbons (Fsp3) is 0.364. The van der Waals surface area contributed by atoms with Crippen molar-refractivity contribution >= 4 is 11.6 Å². The van der Waals surface area contributed by atoms with Crippen molar-refractivity contribution in [1.82, 2.24) is 0 Å². The normalized spacial score (nSPS) is 20.9. The van der Waals surface area contributed by atoms with Gasteiger partial charge in [-0.05, 0) is 24.1 Å². The smallest absolute Gasteiger partial charge is 0.228 e. The molecule has 2 N–H and O–H groups in total. The second kappa shape index (κ2) is 3.10. The molecular formula is C11H14N2O. The summed E-state index contributed by atoms with van der Waals surface area (Å²) in [7, 11) is 1.80. The summed E-state index contributed by atoms with van der Waals surface area (Å²) < 4.78 is 0. The minimum absolute atomic E-state index is 0.0931. The van der Waals surface area contributed by atoms with Crippen LogP contribution in [0.5, 0.6) is 0 Å². The fourth-order valence-electron chi connectivity index (χ4n) is 1.83. The Labute approximate surface area is 83.5 Å². The molecular weight excluding hydrogens is 176 g/mol. The number of benzene rings is 1. The number of carbonyl (C=O) groups excluding carboxylic acids is 1. The summed E-state index contributed by atoms with van der Waals surface area (Å²) in [6, 6.07) is 5.90. The first-order valence-corrected chi connectivity index (χ1v) is 4.72. The Bertz CT molecular complexity index is 387. The summed E-state index contributed by atoms with van der Waals surface area (Å²) in [5, 5.41) is 0. The molecule has 1 aliphatic heterocycles. The van der Waals surface area contributed by atoms with Crippen molar-refractivity contribution in [2.45, 2.75) is 19.4 Å². The van der Waals surface area contributed by atoms with Gasteiger partial charge in [-0.15, -0.1) is 0 Å². The Balaban J connectivity index is 2.56. The van der Waals surface area contributed by atoms with Crippen molar-refractivity contribution in [3.05, 3.63) is 29.3 Å². The minimum atomic E-state index is -0.144. The van der Waals surface area contributed by atoms with E-state index in [2.05, 4.69) is 0 Å². The van der Waals surface area contributed by atoms with Crippen molar-refractivity contribution in [3.8, 4) is 0 Å². The average molecular weight is 190 g/mol. The highest BCUT2D eigenvalue weighted by molar-refractivity contribution is 5.96. The highest BCUT2D eigenvalue weighted by Gasteiger charge is 2.26. The van der Waals surface area contributed by atoms with E-state index < -0.39 is 0 Å². The zero-order valence-electron chi connectivity index (χ0n) is 8.45. The first-order chi connectivity index (χ1) is 6.59. The van der Waals surface area contributed by atoms with E-state index in [4.69, 9.17) is 5.73 Å². The first kappa shape index (κ1) is 9.21. The van der Waals surface area contributed by atoms with Gasteiger partial charge in [0.15, 0.2) is 0 Å². The number of hydrogen-bond acceptors (Lipinski definition) is 2. The Morgan fingerprint density at radius 1 is 1.50 bits per heavy atom. The number of anilines is 1. The van der Waals surface area contributed by atoms with Gasteiger partial charge in [-0.3, -0.25) is 4.79 Å². The van der Waals surface area contributed by atoms with Gasteiger partial charge in [0.2, 0.25) is 5.91 Å². The lowest BCUT2D eigenvalue weighted by Gasteiger charge is -2.29. The number of fused-ring (bicyclic) bond motifs is 1. The van der Waals surface area contributed by atoms with Crippen LogP contribution in [0.3, 0.4) is 0 Å². The van der Waals surface area contributed by atoms with Gasteiger partial charge in [0.05, 0.1) is 0 Å². The SMILES string of the molecule is Cc1ccc2c(c1)N(C)C(=O)CC2N. The molecule has 3 nitrogen and oxygen atoms in total. The van der Waals surface area contributed by atoms with Gasteiger partial charge in [-0.2, -0.15) is 0 Å². The Hall–Kier alpha value is -1.35. The molecule has 1 aromatic carbocycles. The van der Waals surface area contributed by atoms with Crippen molar-refractivity contribution in [3.63, 3.8) is 0 Å². The second-order valence-corrected chi connectivity index (χ2v) is 3.83. The van der Waals surface area contributed by atoms with E-state index in [9.17, 15) is 4.79 Å². The van der Waals surface area contributed by atoms with Crippen molar-refractivity contribution in [2.75, 3.05) is 11.9 Å². The van der Waals surface area contributed by atoms with Crippen LogP contribution in [0, 0.1) is 6.92 Å². The molecule has 3 heteroatoms. The molecule has 0 aromatic heterocycles. The molecule has 1 atom stereocenters. The molecule has 0 aliphatic carbocycles. The van der Waals surface area contributed by atoms with E-state index >= 15 is 0 Å². The van der Waals surface area contributed by atoms with Gasteiger partial charge in [0.25, 0.3) is 0 Å². The lowest BCUT2D eigenvalue weighted by atomic mass is 9.96. The lowest BCUT2D eigenvalue weighted by molar-refractivity contribution is -0.119. The number of nitrogens with zero attached hydrogens (tertiary/aromatic N) is 1. The maximum atomic E-state index is 11.5. The summed E-state index contributed by atoms with van der Waals surface area (Å²) in [6.45, 7) is 2.01. The third kappa shape index (κ3) is 1.30. The molecule has 1 unspecified atom stereocenters. The van der Waals surface area contributed by atoms with Gasteiger partial charge < -0.3 is 10.6 Å². The summed E-state index contributed by atoms with van der Waals surface area (Å²) in [4.78, 5) is 13.2. The molecule has 1 heterocycles. The number of rotatable bonds is 0. The molecule has 0 bridgehead atoms. The van der Waals surface area contributed by atoms with E-state index in [-0.39, 0.29) is 11.9 Å². The summed E-state index contributed by atoms with van der Waals surface area (Å²) in [6.07, 6.45) is 0.409. The van der Waals surface area contributed by atoms with Crippen LogP contribution >= 0.6 is 0 Å². The van der Waals surface area contributed by atoms with Crippen LogP contribution in [-0.2, 0) is 4.79 Å². The number of aryl methyl sites for hydroxylation is 1. The topological polar surface area (TPSA) is 46.3 Å². The van der Waals surface area contributed by atoms with E-state index in [0.29, 0.717) is 6.42 Å². The third-order valence-electron chi connectivity index (χ3n) is 2.72. The van der Waals surface area contributed by atoms with E-state index in [1.165, 1.54) is 0 Å². The number of nitrogens with two attached hydrogens (primary N) is 1. The van der Waals surface area contributed by atoms with Gasteiger partial charge in [0, 0.05) is 25.2 Å². The third-order valence-corrected chi connectivity index (χ3v) is 2.72. The summed E-state index contributed by atoms with van der Waals surface area (Å²) in [5.74, 6) is 0.0931. The molecule has 0 spiro atoms. The highest BCUT2D eigenvalue weighted by atomic mass is 16.2. The van der Waals surface area contributed by atoms with Crippen LogP contribution in [0.1, 0.15) is 23.6 Å². The van der Waals surface area contributed by atoms with Crippen LogP contribution in [0.2, 0.25) is 0 Å². The molecule has 14 heavy (non-hydrogen) atoms. The molecule has 0 fully saturated rings. The predicted molar refractivity (Wildman–Crippen MR) is 56.1 cm³/mol. The second-order valence-electron chi connectivity index (χ2n) is 3.83. The Morgan fingerprint density at radius 2 is 2.21 bits per heavy atom. The van der Waals surface area contributed by atoms with Gasteiger partial charge in [0.1, 0.15) is 0 Å². The van der Waals surface area contributed by atoms with Crippen LogP contribution in [0.4, 0.5) is 5.69 Å². The first-order valence-electron chi connectivity index (χ1n) is 4.72. The van der Waals surface area contributed by atoms with E-state index in [0.717, 1.165) is 16.8 Å². The van der Waals surface area contributed by atoms with E-state index in [1.54, 1.807) is 11.9 Å². The van der Waals surface area contributed by atoms with Gasteiger partial charge in [-0.1, -0.05) is 12.1 Å². The molecule has 0 radical (unpaired) electrons. The van der Waals surface area contributed by atoms with Gasteiger partial charge in [-0.25, -0.2) is 0 Å². The van der Waals surface area contributed by atoms with Gasteiger partial charge >= 0.3 is 0 Å². The maximum Gasteiger partial charge on any atom is 0.228 e. The quantitative estimate of drug-likeness (QED) is 0.671. The molecule has 2 rings (SSSR count). The van der Waals surface area contributed by atoms with Crippen LogP contribution < -0.4 is 10.6 Å². The number of hydrogen-bond donors (Lipinski definition) is 1. The van der Waals surface area contributed by atoms with Crippen molar-refractivity contribution < 1.29 is 4.79 Å². The zero-order chi connectivity index (χ0) is 10.3. The van der Waals surface area contributed by atoms with Crippen LogP contribution in [0.15, 0.2) is 18.2 Å². The number of amides is 1. The van der Waals surface area contributed by atoms with Crippen LogP contribution in [-0.4, -0.2) is 13.0 Å². The maximum absolute atomic E-state index is 11.5. The lowest BCUT2D eigenvalue weighted by Crippen LogP contribution is -2.35. The fourth-order valence-corrected chi connectivity index (χ4v) is 1.83. The Kier molecular flexibility index (Phi) is 2.04. The molecule has 0 saturated heterocycles. The summed E-state index contributed by atoms with van der Waals surface area (Å²) in [5.41, 5.74) is 9.07.